The van der Waals surface area contributed by atoms with Crippen LogP contribution in [0.15, 0.2) is 27.7 Å². The fourth-order valence-corrected chi connectivity index (χ4v) is 6.36. The number of amides is 1. The number of hydrogen-bond donors (Lipinski definition) is 3. The van der Waals surface area contributed by atoms with Crippen LogP contribution in [-0.2, 0) is 15.4 Å². The van der Waals surface area contributed by atoms with Crippen LogP contribution in [0.2, 0.25) is 0 Å². The van der Waals surface area contributed by atoms with E-state index in [-0.39, 0.29) is 24.2 Å². The van der Waals surface area contributed by atoms with E-state index in [0.29, 0.717) is 4.47 Å². The molecular weight excluding hydrogens is 419 g/mol. The summed E-state index contributed by atoms with van der Waals surface area (Å²) in [6.07, 6.45) is -2.58. The highest BCUT2D eigenvalue weighted by Crippen LogP contribution is 2.48. The van der Waals surface area contributed by atoms with E-state index in [4.69, 9.17) is 5.11 Å². The molecule has 1 aliphatic heterocycles. The SMILES string of the molecule is C[C@@]1(c2cc(Br)ccc2F)CS(=O)(=O)C2(CC(O)C2)C(NC(=O)O)=N1. The molecule has 10 heteroatoms. The minimum absolute atomic E-state index is 0.0462. The van der Waals surface area contributed by atoms with Gasteiger partial charge in [-0.15, -0.1) is 0 Å². The Morgan fingerprint density at radius 3 is 2.64 bits per heavy atom. The summed E-state index contributed by atoms with van der Waals surface area (Å²) >= 11 is 3.22. The molecule has 0 unspecified atom stereocenters. The fraction of sp³-hybridized carbons (Fsp3) is 0.467. The minimum atomic E-state index is -3.90. The lowest BCUT2D eigenvalue weighted by molar-refractivity contribution is 0.0775. The Kier molecular flexibility index (Phi) is 4.20. The van der Waals surface area contributed by atoms with Gasteiger partial charge in [0.15, 0.2) is 9.84 Å². The smallest absolute Gasteiger partial charge is 0.410 e. The summed E-state index contributed by atoms with van der Waals surface area (Å²) < 4.78 is 39.2. The molecule has 1 aromatic carbocycles. The van der Waals surface area contributed by atoms with Crippen molar-refractivity contribution in [2.45, 2.75) is 36.2 Å². The first-order valence-electron chi connectivity index (χ1n) is 7.45. The molecular formula is C15H16BrFN2O5S. The number of nitrogens with one attached hydrogen (secondary N) is 1. The molecule has 0 saturated heterocycles. The van der Waals surface area contributed by atoms with Crippen molar-refractivity contribution >= 4 is 37.7 Å². The first kappa shape index (κ1) is 18.3. The van der Waals surface area contributed by atoms with Crippen molar-refractivity contribution < 1.29 is 27.8 Å². The van der Waals surface area contributed by atoms with Gasteiger partial charge in [-0.3, -0.25) is 10.3 Å². The maximum atomic E-state index is 14.3. The standard InChI is InChI=1S/C15H16BrFN2O5S/c1-14(10-4-8(16)2-3-11(10)17)7-25(23,24)15(5-9(20)6-15)12(19-14)18-13(21)22/h2-4,9,20H,5-7H2,1H3,(H,18,19)(H,21,22)/t9?,14-,15?/m0/s1. The van der Waals surface area contributed by atoms with Crippen LogP contribution in [0.3, 0.4) is 0 Å². The summed E-state index contributed by atoms with van der Waals surface area (Å²) in [6.45, 7) is 1.45. The molecule has 1 heterocycles. The van der Waals surface area contributed by atoms with Gasteiger partial charge < -0.3 is 10.2 Å². The molecule has 2 aliphatic rings. The van der Waals surface area contributed by atoms with E-state index in [0.717, 1.165) is 0 Å². The van der Waals surface area contributed by atoms with Gasteiger partial charge in [-0.05, 0) is 25.1 Å². The summed E-state index contributed by atoms with van der Waals surface area (Å²) in [6, 6.07) is 4.10. The molecule has 0 radical (unpaired) electrons. The summed E-state index contributed by atoms with van der Waals surface area (Å²) in [4.78, 5) is 15.4. The Labute approximate surface area is 152 Å². The lowest BCUT2D eigenvalue weighted by Crippen LogP contribution is -2.67. The van der Waals surface area contributed by atoms with Gasteiger partial charge in [0.05, 0.1) is 11.9 Å². The molecule has 3 N–H and O–H groups in total. The number of amidine groups is 1. The average molecular weight is 435 g/mol. The van der Waals surface area contributed by atoms with Crippen LogP contribution in [0, 0.1) is 5.82 Å². The Balaban J connectivity index is 2.19. The Hall–Kier alpha value is -1.52. The molecule has 0 aromatic heterocycles. The third kappa shape index (κ3) is 2.85. The van der Waals surface area contributed by atoms with Crippen LogP contribution in [0.4, 0.5) is 9.18 Å². The number of aliphatic hydroxyl groups is 1. The van der Waals surface area contributed by atoms with Crippen molar-refractivity contribution in [1.29, 1.82) is 0 Å². The number of sulfone groups is 1. The van der Waals surface area contributed by atoms with E-state index < -0.39 is 43.9 Å². The summed E-state index contributed by atoms with van der Waals surface area (Å²) in [5.41, 5.74) is -1.44. The van der Waals surface area contributed by atoms with Crippen molar-refractivity contribution in [3.8, 4) is 0 Å². The van der Waals surface area contributed by atoms with Gasteiger partial charge in [-0.2, -0.15) is 0 Å². The number of hydrogen-bond acceptors (Lipinski definition) is 5. The second-order valence-corrected chi connectivity index (χ2v) is 9.82. The maximum absolute atomic E-state index is 14.3. The number of benzene rings is 1. The van der Waals surface area contributed by atoms with Gasteiger partial charge >= 0.3 is 6.09 Å². The predicted molar refractivity (Wildman–Crippen MR) is 91.8 cm³/mol. The minimum Gasteiger partial charge on any atom is -0.465 e. The van der Waals surface area contributed by atoms with Crippen molar-refractivity contribution in [2.24, 2.45) is 4.99 Å². The van der Waals surface area contributed by atoms with Crippen molar-refractivity contribution in [3.63, 3.8) is 0 Å². The van der Waals surface area contributed by atoms with E-state index in [2.05, 4.69) is 26.2 Å². The van der Waals surface area contributed by atoms with Gasteiger partial charge in [0.1, 0.15) is 21.9 Å². The topological polar surface area (TPSA) is 116 Å². The van der Waals surface area contributed by atoms with Crippen molar-refractivity contribution in [3.05, 3.63) is 34.1 Å². The number of nitrogens with zero attached hydrogens (tertiary/aromatic N) is 1. The van der Waals surface area contributed by atoms with Crippen LogP contribution in [-0.4, -0.2) is 47.2 Å². The predicted octanol–water partition coefficient (Wildman–Crippen LogP) is 1.79. The maximum Gasteiger partial charge on any atom is 0.410 e. The normalized spacial score (nSPS) is 33.4. The Morgan fingerprint density at radius 1 is 1.44 bits per heavy atom. The van der Waals surface area contributed by atoms with E-state index in [1.807, 2.05) is 0 Å². The monoisotopic (exact) mass is 434 g/mol. The van der Waals surface area contributed by atoms with Crippen LogP contribution in [0.25, 0.3) is 0 Å². The molecule has 1 saturated carbocycles. The third-order valence-corrected chi connectivity index (χ3v) is 7.87. The Morgan fingerprint density at radius 2 is 2.08 bits per heavy atom. The lowest BCUT2D eigenvalue weighted by Gasteiger charge is -2.49. The molecule has 1 spiro atoms. The number of aliphatic hydroxyl groups excluding tert-OH is 1. The highest BCUT2D eigenvalue weighted by Gasteiger charge is 2.62. The van der Waals surface area contributed by atoms with Crippen LogP contribution >= 0.6 is 15.9 Å². The number of carbonyl (C=O) groups is 1. The van der Waals surface area contributed by atoms with Gasteiger partial charge in [-0.25, -0.2) is 17.6 Å². The zero-order chi connectivity index (χ0) is 18.6. The zero-order valence-electron chi connectivity index (χ0n) is 13.2. The number of rotatable bonds is 1. The first-order valence-corrected chi connectivity index (χ1v) is 9.90. The van der Waals surface area contributed by atoms with Crippen LogP contribution in [0.1, 0.15) is 25.3 Å². The van der Waals surface area contributed by atoms with E-state index in [9.17, 15) is 22.7 Å². The summed E-state index contributed by atoms with van der Waals surface area (Å²) in [5, 5.41) is 20.7. The lowest BCUT2D eigenvalue weighted by atomic mass is 9.79. The van der Waals surface area contributed by atoms with Gasteiger partial charge in [0.2, 0.25) is 0 Å². The quantitative estimate of drug-likeness (QED) is 0.622. The third-order valence-electron chi connectivity index (χ3n) is 4.72. The highest BCUT2D eigenvalue weighted by atomic mass is 79.9. The molecule has 1 fully saturated rings. The molecule has 3 rings (SSSR count). The van der Waals surface area contributed by atoms with Gasteiger partial charge in [-0.1, -0.05) is 15.9 Å². The summed E-state index contributed by atoms with van der Waals surface area (Å²) in [5.74, 6) is -1.38. The summed E-state index contributed by atoms with van der Waals surface area (Å²) in [7, 11) is -3.90. The molecule has 1 atom stereocenters. The number of carboxylic acid groups (broad SMARTS) is 1. The molecule has 25 heavy (non-hydrogen) atoms. The highest BCUT2D eigenvalue weighted by molar-refractivity contribution is 9.10. The van der Waals surface area contributed by atoms with E-state index >= 15 is 0 Å². The zero-order valence-corrected chi connectivity index (χ0v) is 15.6. The molecule has 136 valence electrons. The second kappa shape index (κ2) is 5.75. The van der Waals surface area contributed by atoms with E-state index in [1.54, 1.807) is 0 Å². The Bertz CT molecular complexity index is 882. The van der Waals surface area contributed by atoms with Crippen molar-refractivity contribution in [2.75, 3.05) is 5.75 Å². The van der Waals surface area contributed by atoms with Crippen LogP contribution in [0.5, 0.6) is 0 Å². The van der Waals surface area contributed by atoms with E-state index in [1.165, 1.54) is 25.1 Å². The second-order valence-electron chi connectivity index (χ2n) is 6.60. The van der Waals surface area contributed by atoms with Crippen LogP contribution < -0.4 is 5.32 Å². The average Bonchev–Trinajstić information content (AvgIpc) is 2.43. The largest absolute Gasteiger partial charge is 0.465 e. The fourth-order valence-electron chi connectivity index (χ4n) is 3.48. The van der Waals surface area contributed by atoms with Crippen molar-refractivity contribution in [1.82, 2.24) is 5.32 Å². The molecule has 1 aromatic rings. The van der Waals surface area contributed by atoms with Gasteiger partial charge in [0, 0.05) is 22.9 Å². The molecule has 0 bridgehead atoms. The van der Waals surface area contributed by atoms with Gasteiger partial charge in [0.25, 0.3) is 0 Å². The molecule has 7 nitrogen and oxygen atoms in total. The molecule has 1 aliphatic carbocycles. The number of aliphatic imine (C=N–C) groups is 1. The molecule has 1 amide bonds. The number of halogens is 2. The first-order chi connectivity index (χ1) is 11.5.